The minimum atomic E-state index is -3.48. The molecule has 2 rings (SSSR count). The first-order chi connectivity index (χ1) is 9.94. The van der Waals surface area contributed by atoms with Crippen molar-refractivity contribution in [2.24, 2.45) is 5.92 Å². The van der Waals surface area contributed by atoms with Crippen molar-refractivity contribution in [1.29, 1.82) is 0 Å². The number of halogens is 1. The van der Waals surface area contributed by atoms with E-state index < -0.39 is 10.0 Å². The van der Waals surface area contributed by atoms with E-state index in [9.17, 15) is 8.42 Å². The molecule has 1 aliphatic rings. The van der Waals surface area contributed by atoms with Gasteiger partial charge in [0.1, 0.15) is 0 Å². The van der Waals surface area contributed by atoms with Crippen LogP contribution in [0.2, 0.25) is 5.02 Å². The van der Waals surface area contributed by atoms with Gasteiger partial charge in [0.15, 0.2) is 0 Å². The van der Waals surface area contributed by atoms with E-state index in [0.717, 1.165) is 36.9 Å². The van der Waals surface area contributed by atoms with E-state index in [0.29, 0.717) is 28.9 Å². The number of benzene rings is 1. The van der Waals surface area contributed by atoms with Gasteiger partial charge < -0.3 is 5.32 Å². The average molecular weight is 331 g/mol. The lowest BCUT2D eigenvalue weighted by Crippen LogP contribution is -2.27. The van der Waals surface area contributed by atoms with Crippen LogP contribution >= 0.6 is 11.6 Å². The molecule has 0 bridgehead atoms. The van der Waals surface area contributed by atoms with Gasteiger partial charge >= 0.3 is 0 Å². The highest BCUT2D eigenvalue weighted by Gasteiger charge is 2.25. The summed E-state index contributed by atoms with van der Waals surface area (Å²) in [7, 11) is -3.48. The van der Waals surface area contributed by atoms with Crippen molar-refractivity contribution >= 4 is 21.6 Å². The zero-order valence-electron chi connectivity index (χ0n) is 12.6. The molecule has 118 valence electrons. The van der Waals surface area contributed by atoms with Crippen LogP contribution in [-0.2, 0) is 16.6 Å². The second-order valence-electron chi connectivity index (χ2n) is 5.66. The highest BCUT2D eigenvalue weighted by Crippen LogP contribution is 2.29. The Kier molecular flexibility index (Phi) is 5.66. The van der Waals surface area contributed by atoms with Gasteiger partial charge in [0.2, 0.25) is 10.0 Å². The summed E-state index contributed by atoms with van der Waals surface area (Å²) in [5.74, 6) is 0.505. The number of rotatable bonds is 8. The molecule has 21 heavy (non-hydrogen) atoms. The molecule has 0 aromatic heterocycles. The summed E-state index contributed by atoms with van der Waals surface area (Å²) in [5.41, 5.74) is 1.70. The fourth-order valence-electron chi connectivity index (χ4n) is 2.20. The predicted molar refractivity (Wildman–Crippen MR) is 86.1 cm³/mol. The monoisotopic (exact) mass is 330 g/mol. The van der Waals surface area contributed by atoms with Crippen molar-refractivity contribution in [1.82, 2.24) is 10.0 Å². The van der Waals surface area contributed by atoms with Gasteiger partial charge in [0.05, 0.1) is 4.90 Å². The van der Waals surface area contributed by atoms with Crippen LogP contribution in [0.1, 0.15) is 37.3 Å². The zero-order chi connectivity index (χ0) is 15.5. The number of sulfonamides is 1. The van der Waals surface area contributed by atoms with Crippen LogP contribution in [0.4, 0.5) is 0 Å². The van der Waals surface area contributed by atoms with E-state index in [1.807, 2.05) is 13.0 Å². The van der Waals surface area contributed by atoms with Crippen LogP contribution in [0.25, 0.3) is 0 Å². The normalized spacial score (nSPS) is 15.4. The maximum atomic E-state index is 12.4. The minimum absolute atomic E-state index is 0.295. The molecule has 0 atom stereocenters. The van der Waals surface area contributed by atoms with E-state index in [2.05, 4.69) is 17.0 Å². The summed E-state index contributed by atoms with van der Waals surface area (Å²) in [5, 5.41) is 3.74. The van der Waals surface area contributed by atoms with Gasteiger partial charge in [-0.3, -0.25) is 0 Å². The topological polar surface area (TPSA) is 58.2 Å². The molecular formula is C15H23ClN2O2S. The number of nitrogens with one attached hydrogen (secondary N) is 2. The Balaban J connectivity index is 2.20. The van der Waals surface area contributed by atoms with Crippen LogP contribution in [-0.4, -0.2) is 21.5 Å². The Morgan fingerprint density at radius 1 is 1.33 bits per heavy atom. The lowest BCUT2D eigenvalue weighted by atomic mass is 10.1. The fraction of sp³-hybridized carbons (Fsp3) is 0.600. The van der Waals surface area contributed by atoms with E-state index >= 15 is 0 Å². The first-order valence-electron chi connectivity index (χ1n) is 7.43. The highest BCUT2D eigenvalue weighted by atomic mass is 35.5. The SMILES string of the molecule is CCCNCc1cc(Cl)cc(S(=O)(=O)NCC2CC2)c1C. The van der Waals surface area contributed by atoms with E-state index in [-0.39, 0.29) is 0 Å². The van der Waals surface area contributed by atoms with E-state index in [1.165, 1.54) is 6.07 Å². The van der Waals surface area contributed by atoms with Gasteiger partial charge in [-0.05, 0) is 61.9 Å². The molecule has 4 nitrogen and oxygen atoms in total. The Labute approximate surface area is 132 Å². The van der Waals surface area contributed by atoms with Gasteiger partial charge in [-0.2, -0.15) is 0 Å². The smallest absolute Gasteiger partial charge is 0.240 e. The van der Waals surface area contributed by atoms with Crippen molar-refractivity contribution in [3.63, 3.8) is 0 Å². The molecule has 0 amide bonds. The molecule has 0 heterocycles. The summed E-state index contributed by atoms with van der Waals surface area (Å²) in [6, 6.07) is 3.37. The minimum Gasteiger partial charge on any atom is -0.313 e. The van der Waals surface area contributed by atoms with E-state index in [4.69, 9.17) is 11.6 Å². The molecule has 6 heteroatoms. The maximum absolute atomic E-state index is 12.4. The Hall–Kier alpha value is -0.620. The van der Waals surface area contributed by atoms with Crippen LogP contribution in [0.3, 0.4) is 0 Å². The van der Waals surface area contributed by atoms with Gasteiger partial charge in [-0.15, -0.1) is 0 Å². The largest absolute Gasteiger partial charge is 0.313 e. The summed E-state index contributed by atoms with van der Waals surface area (Å²) < 4.78 is 27.6. The molecule has 1 fully saturated rings. The lowest BCUT2D eigenvalue weighted by molar-refractivity contribution is 0.576. The maximum Gasteiger partial charge on any atom is 0.240 e. The molecule has 1 aliphatic carbocycles. The van der Waals surface area contributed by atoms with E-state index in [1.54, 1.807) is 0 Å². The molecule has 0 saturated heterocycles. The third kappa shape index (κ3) is 4.68. The Bertz CT molecular complexity index is 598. The molecular weight excluding hydrogens is 308 g/mol. The van der Waals surface area contributed by atoms with Crippen molar-refractivity contribution in [2.45, 2.75) is 44.6 Å². The van der Waals surface area contributed by atoms with Gasteiger partial charge in [0.25, 0.3) is 0 Å². The lowest BCUT2D eigenvalue weighted by Gasteiger charge is -2.14. The Morgan fingerprint density at radius 3 is 2.67 bits per heavy atom. The van der Waals surface area contributed by atoms with Gasteiger partial charge in [-0.1, -0.05) is 18.5 Å². The molecule has 1 aromatic carbocycles. The molecule has 0 aliphatic heterocycles. The molecule has 0 radical (unpaired) electrons. The molecule has 1 aromatic rings. The third-order valence-electron chi connectivity index (χ3n) is 3.72. The summed E-state index contributed by atoms with van der Waals surface area (Å²) in [4.78, 5) is 0.295. The van der Waals surface area contributed by atoms with Gasteiger partial charge in [0, 0.05) is 18.1 Å². The fourth-order valence-corrected chi connectivity index (χ4v) is 3.93. The molecule has 2 N–H and O–H groups in total. The molecule has 1 saturated carbocycles. The molecule has 0 unspecified atom stereocenters. The van der Waals surface area contributed by atoms with Crippen molar-refractivity contribution in [3.05, 3.63) is 28.3 Å². The Morgan fingerprint density at radius 2 is 2.05 bits per heavy atom. The van der Waals surface area contributed by atoms with Crippen molar-refractivity contribution in [3.8, 4) is 0 Å². The first kappa shape index (κ1) is 16.7. The number of hydrogen-bond donors (Lipinski definition) is 2. The quantitative estimate of drug-likeness (QED) is 0.721. The third-order valence-corrected chi connectivity index (χ3v) is 5.49. The van der Waals surface area contributed by atoms with Crippen LogP contribution in [0.15, 0.2) is 17.0 Å². The second-order valence-corrected chi connectivity index (χ2v) is 7.83. The van der Waals surface area contributed by atoms with Crippen LogP contribution < -0.4 is 10.0 Å². The average Bonchev–Trinajstić information content (AvgIpc) is 3.24. The number of hydrogen-bond acceptors (Lipinski definition) is 3. The van der Waals surface area contributed by atoms with Gasteiger partial charge in [-0.25, -0.2) is 13.1 Å². The standard InChI is InChI=1S/C15H23ClN2O2S/c1-3-6-17-10-13-7-14(16)8-15(11(13)2)21(19,20)18-9-12-4-5-12/h7-8,12,17-18H,3-6,9-10H2,1-2H3. The zero-order valence-corrected chi connectivity index (χ0v) is 14.1. The summed E-state index contributed by atoms with van der Waals surface area (Å²) >= 11 is 6.10. The van der Waals surface area contributed by atoms with Crippen LogP contribution in [0, 0.1) is 12.8 Å². The first-order valence-corrected chi connectivity index (χ1v) is 9.29. The predicted octanol–water partition coefficient (Wildman–Crippen LogP) is 2.84. The second kappa shape index (κ2) is 7.09. The summed E-state index contributed by atoms with van der Waals surface area (Å²) in [6.07, 6.45) is 3.26. The summed E-state index contributed by atoms with van der Waals surface area (Å²) in [6.45, 7) is 5.98. The highest BCUT2D eigenvalue weighted by molar-refractivity contribution is 7.89. The molecule has 0 spiro atoms. The van der Waals surface area contributed by atoms with Crippen LogP contribution in [0.5, 0.6) is 0 Å². The van der Waals surface area contributed by atoms with Crippen molar-refractivity contribution < 1.29 is 8.42 Å². The van der Waals surface area contributed by atoms with Crippen molar-refractivity contribution in [2.75, 3.05) is 13.1 Å².